The van der Waals surface area contributed by atoms with Gasteiger partial charge < -0.3 is 15.7 Å². The molecular formula is C25H31FN4O4. The summed E-state index contributed by atoms with van der Waals surface area (Å²) in [6, 6.07) is 9.40. The lowest BCUT2D eigenvalue weighted by Gasteiger charge is -2.34. The first kappa shape index (κ1) is 25.1. The van der Waals surface area contributed by atoms with Crippen molar-refractivity contribution in [3.8, 4) is 11.3 Å². The van der Waals surface area contributed by atoms with Crippen LogP contribution in [-0.2, 0) is 4.79 Å². The topological polar surface area (TPSA) is 112 Å². The molecule has 0 spiro atoms. The first-order valence-electron chi connectivity index (χ1n) is 11.4. The van der Waals surface area contributed by atoms with Crippen LogP contribution in [0.5, 0.6) is 0 Å². The lowest BCUT2D eigenvalue weighted by molar-refractivity contribution is -0.123. The van der Waals surface area contributed by atoms with Crippen molar-refractivity contribution in [3.05, 3.63) is 54.0 Å². The second-order valence-corrected chi connectivity index (χ2v) is 9.57. The SMILES string of the molecule is CC(C)(C)N(CC(=O)N[C@H]1CC[C@@H](NC(=O)c2ccc(-c3cccc(F)c3)nc2)CC1)C(=O)O. The maximum atomic E-state index is 13.4. The highest BCUT2D eigenvalue weighted by atomic mass is 19.1. The van der Waals surface area contributed by atoms with E-state index in [0.29, 0.717) is 42.5 Å². The fourth-order valence-electron chi connectivity index (χ4n) is 4.01. The van der Waals surface area contributed by atoms with Gasteiger partial charge in [-0.1, -0.05) is 12.1 Å². The molecule has 1 saturated carbocycles. The molecule has 1 aliphatic carbocycles. The molecular weight excluding hydrogens is 439 g/mol. The summed E-state index contributed by atoms with van der Waals surface area (Å²) in [4.78, 5) is 41.8. The van der Waals surface area contributed by atoms with Crippen LogP contribution in [0.25, 0.3) is 11.3 Å². The van der Waals surface area contributed by atoms with Crippen molar-refractivity contribution in [2.75, 3.05) is 6.54 Å². The number of nitrogens with zero attached hydrogens (tertiary/aromatic N) is 2. The largest absolute Gasteiger partial charge is 0.465 e. The molecule has 0 saturated heterocycles. The molecule has 0 radical (unpaired) electrons. The minimum Gasteiger partial charge on any atom is -0.465 e. The molecule has 3 amide bonds. The Morgan fingerprint density at radius 2 is 1.71 bits per heavy atom. The van der Waals surface area contributed by atoms with E-state index in [4.69, 9.17) is 0 Å². The summed E-state index contributed by atoms with van der Waals surface area (Å²) >= 11 is 0. The Morgan fingerprint density at radius 3 is 2.24 bits per heavy atom. The Morgan fingerprint density at radius 1 is 1.06 bits per heavy atom. The third-order valence-electron chi connectivity index (χ3n) is 5.92. The third-order valence-corrected chi connectivity index (χ3v) is 5.92. The first-order chi connectivity index (χ1) is 16.0. The molecule has 1 aromatic heterocycles. The van der Waals surface area contributed by atoms with Crippen molar-refractivity contribution in [1.29, 1.82) is 0 Å². The Labute approximate surface area is 198 Å². The molecule has 34 heavy (non-hydrogen) atoms. The lowest BCUT2D eigenvalue weighted by Crippen LogP contribution is -2.52. The molecule has 2 aromatic rings. The molecule has 3 N–H and O–H groups in total. The van der Waals surface area contributed by atoms with Gasteiger partial charge >= 0.3 is 6.09 Å². The van der Waals surface area contributed by atoms with Crippen LogP contribution in [0.1, 0.15) is 56.8 Å². The van der Waals surface area contributed by atoms with E-state index in [-0.39, 0.29) is 36.3 Å². The molecule has 1 aromatic carbocycles. The zero-order valence-corrected chi connectivity index (χ0v) is 19.7. The lowest BCUT2D eigenvalue weighted by atomic mass is 9.91. The molecule has 3 rings (SSSR count). The Balaban J connectivity index is 1.47. The van der Waals surface area contributed by atoms with Gasteiger partial charge in [-0.25, -0.2) is 9.18 Å². The molecule has 0 atom stereocenters. The average Bonchev–Trinajstić information content (AvgIpc) is 2.78. The third kappa shape index (κ3) is 6.76. The number of rotatable bonds is 6. The number of benzene rings is 1. The Kier molecular flexibility index (Phi) is 7.86. The summed E-state index contributed by atoms with van der Waals surface area (Å²) in [5.74, 6) is -0.899. The Bertz CT molecular complexity index is 1030. The predicted octanol–water partition coefficient (Wildman–Crippen LogP) is 3.82. The van der Waals surface area contributed by atoms with Gasteiger partial charge in [0.1, 0.15) is 12.4 Å². The summed E-state index contributed by atoms with van der Waals surface area (Å²) in [7, 11) is 0. The number of nitrogens with one attached hydrogen (secondary N) is 2. The number of hydrogen-bond acceptors (Lipinski definition) is 4. The minimum absolute atomic E-state index is 0.0198. The van der Waals surface area contributed by atoms with Crippen molar-refractivity contribution in [3.63, 3.8) is 0 Å². The highest BCUT2D eigenvalue weighted by molar-refractivity contribution is 5.94. The molecule has 1 aliphatic rings. The summed E-state index contributed by atoms with van der Waals surface area (Å²) in [6.07, 6.45) is 3.13. The van der Waals surface area contributed by atoms with Crippen LogP contribution >= 0.6 is 0 Å². The molecule has 1 fully saturated rings. The summed E-state index contributed by atoms with van der Waals surface area (Å²) in [5, 5.41) is 15.3. The number of carbonyl (C=O) groups is 3. The van der Waals surface area contributed by atoms with Gasteiger partial charge in [0.05, 0.1) is 11.3 Å². The van der Waals surface area contributed by atoms with Crippen molar-refractivity contribution >= 4 is 17.9 Å². The van der Waals surface area contributed by atoms with Crippen LogP contribution in [0.4, 0.5) is 9.18 Å². The fourth-order valence-corrected chi connectivity index (χ4v) is 4.01. The van der Waals surface area contributed by atoms with Gasteiger partial charge in [0.2, 0.25) is 5.91 Å². The smallest absolute Gasteiger partial charge is 0.408 e. The summed E-state index contributed by atoms with van der Waals surface area (Å²) < 4.78 is 13.4. The zero-order valence-electron chi connectivity index (χ0n) is 19.7. The Hall–Kier alpha value is -3.49. The van der Waals surface area contributed by atoms with Crippen LogP contribution < -0.4 is 10.6 Å². The van der Waals surface area contributed by atoms with Crippen LogP contribution in [-0.4, -0.2) is 57.1 Å². The summed E-state index contributed by atoms with van der Waals surface area (Å²) in [5.41, 5.74) is 0.975. The van der Waals surface area contributed by atoms with Gasteiger partial charge in [-0.2, -0.15) is 0 Å². The van der Waals surface area contributed by atoms with E-state index in [1.807, 2.05) is 0 Å². The maximum Gasteiger partial charge on any atom is 0.408 e. The number of aromatic nitrogens is 1. The number of pyridine rings is 1. The molecule has 0 bridgehead atoms. The van der Waals surface area contributed by atoms with Crippen LogP contribution in [0.3, 0.4) is 0 Å². The van der Waals surface area contributed by atoms with Crippen LogP contribution in [0.2, 0.25) is 0 Å². The highest BCUT2D eigenvalue weighted by Gasteiger charge is 2.30. The van der Waals surface area contributed by atoms with Crippen molar-refractivity contribution in [1.82, 2.24) is 20.5 Å². The molecule has 182 valence electrons. The molecule has 9 heteroatoms. The van der Waals surface area contributed by atoms with Crippen LogP contribution in [0, 0.1) is 5.82 Å². The van der Waals surface area contributed by atoms with Gasteiger partial charge in [0.15, 0.2) is 0 Å². The number of carboxylic acid groups (broad SMARTS) is 1. The second-order valence-electron chi connectivity index (χ2n) is 9.57. The van der Waals surface area contributed by atoms with E-state index in [9.17, 15) is 23.9 Å². The predicted molar refractivity (Wildman–Crippen MR) is 126 cm³/mol. The van der Waals surface area contributed by atoms with E-state index in [1.54, 1.807) is 45.0 Å². The monoisotopic (exact) mass is 470 g/mol. The van der Waals surface area contributed by atoms with Gasteiger partial charge in [0.25, 0.3) is 5.91 Å². The van der Waals surface area contributed by atoms with E-state index in [1.165, 1.54) is 18.3 Å². The second kappa shape index (κ2) is 10.6. The molecule has 1 heterocycles. The molecule has 8 nitrogen and oxygen atoms in total. The van der Waals surface area contributed by atoms with Crippen molar-refractivity contribution < 1.29 is 23.9 Å². The quantitative estimate of drug-likeness (QED) is 0.594. The average molecular weight is 471 g/mol. The number of halogens is 1. The van der Waals surface area contributed by atoms with E-state index >= 15 is 0 Å². The summed E-state index contributed by atoms with van der Waals surface area (Å²) in [6.45, 7) is 5.01. The number of amides is 3. The maximum absolute atomic E-state index is 13.4. The van der Waals surface area contributed by atoms with Crippen molar-refractivity contribution in [2.24, 2.45) is 0 Å². The van der Waals surface area contributed by atoms with E-state index in [0.717, 1.165) is 4.90 Å². The van der Waals surface area contributed by atoms with Gasteiger partial charge in [-0.05, 0) is 70.7 Å². The standard InChI is InChI=1S/C25H31FN4O4/c1-25(2,3)30(24(33)34)15-22(31)28-19-8-10-20(11-9-19)29-23(32)17-7-12-21(27-14-17)16-5-4-6-18(26)13-16/h4-7,12-14,19-20H,8-11,15H2,1-3H3,(H,28,31)(H,29,32)(H,33,34)/t19-,20+. The highest BCUT2D eigenvalue weighted by Crippen LogP contribution is 2.21. The van der Waals surface area contributed by atoms with Gasteiger partial charge in [-0.15, -0.1) is 0 Å². The van der Waals surface area contributed by atoms with Gasteiger partial charge in [-0.3, -0.25) is 19.5 Å². The van der Waals surface area contributed by atoms with E-state index in [2.05, 4.69) is 15.6 Å². The number of carbonyl (C=O) groups excluding carboxylic acids is 2. The minimum atomic E-state index is -1.13. The molecule has 0 aliphatic heterocycles. The zero-order chi connectivity index (χ0) is 24.9. The van der Waals surface area contributed by atoms with Crippen LogP contribution in [0.15, 0.2) is 42.6 Å². The normalized spacial score (nSPS) is 18.1. The van der Waals surface area contributed by atoms with E-state index < -0.39 is 11.6 Å². The first-order valence-corrected chi connectivity index (χ1v) is 11.4. The fraction of sp³-hybridized carbons (Fsp3) is 0.440. The molecule has 0 unspecified atom stereocenters. The number of hydrogen-bond donors (Lipinski definition) is 3. The van der Waals surface area contributed by atoms with Crippen molar-refractivity contribution in [2.45, 2.75) is 64.1 Å². The van der Waals surface area contributed by atoms with Gasteiger partial charge in [0, 0.05) is 29.4 Å².